The van der Waals surface area contributed by atoms with Crippen LogP contribution in [0.1, 0.15) is 38.3 Å². The Balaban J connectivity index is 1.96. The van der Waals surface area contributed by atoms with Crippen molar-refractivity contribution in [1.29, 1.82) is 0 Å². The van der Waals surface area contributed by atoms with Gasteiger partial charge in [0.2, 0.25) is 5.91 Å². The number of amides is 1. The van der Waals surface area contributed by atoms with E-state index in [1.54, 1.807) is 4.90 Å². The Morgan fingerprint density at radius 1 is 1.35 bits per heavy atom. The molecular weight excluding hydrogens is 250 g/mol. The van der Waals surface area contributed by atoms with Gasteiger partial charge in [-0.1, -0.05) is 19.9 Å². The van der Waals surface area contributed by atoms with E-state index in [0.29, 0.717) is 12.0 Å². The molecule has 4 heteroatoms. The number of carbonyl (C=O) groups excluding carboxylic acids is 1. The number of carbonyl (C=O) groups is 1. The van der Waals surface area contributed by atoms with Crippen LogP contribution in [0.5, 0.6) is 0 Å². The molecule has 2 heterocycles. The highest BCUT2D eigenvalue weighted by Crippen LogP contribution is 2.38. The second-order valence-corrected chi connectivity index (χ2v) is 6.27. The second-order valence-electron chi connectivity index (χ2n) is 6.27. The summed E-state index contributed by atoms with van der Waals surface area (Å²) in [6.07, 6.45) is 2.50. The Morgan fingerprint density at radius 2 is 2.10 bits per heavy atom. The van der Waals surface area contributed by atoms with Gasteiger partial charge in [0.15, 0.2) is 0 Å². The molecule has 1 aromatic carbocycles. The summed E-state index contributed by atoms with van der Waals surface area (Å²) in [6, 6.07) is 6.37. The van der Waals surface area contributed by atoms with Crippen LogP contribution in [0, 0.1) is 5.92 Å². The molecule has 3 rings (SSSR count). The zero-order chi connectivity index (χ0) is 14.4. The fraction of sp³-hybridized carbons (Fsp3) is 0.562. The van der Waals surface area contributed by atoms with E-state index in [2.05, 4.69) is 30.9 Å². The van der Waals surface area contributed by atoms with E-state index in [4.69, 9.17) is 5.73 Å². The normalized spacial score (nSPS) is 25.8. The standard InChI is InChI=1S/C16H23N3O/c1-10(2)13-5-4-8-19(13)11-6-7-12-14(9-11)18(3)16(20)15(12)17/h6-7,9-10,13,15H,4-5,8,17H2,1-3H3. The molecule has 2 aliphatic heterocycles. The fourth-order valence-corrected chi connectivity index (χ4v) is 3.53. The number of hydrogen-bond donors (Lipinski definition) is 1. The van der Waals surface area contributed by atoms with Crippen molar-refractivity contribution in [1.82, 2.24) is 0 Å². The van der Waals surface area contributed by atoms with Crippen LogP contribution in [-0.4, -0.2) is 25.5 Å². The fourth-order valence-electron chi connectivity index (χ4n) is 3.53. The van der Waals surface area contributed by atoms with Crippen molar-refractivity contribution in [2.24, 2.45) is 11.7 Å². The molecule has 1 amide bonds. The number of likely N-dealkylation sites (N-methyl/N-ethyl adjacent to an activating group) is 1. The maximum Gasteiger partial charge on any atom is 0.248 e. The van der Waals surface area contributed by atoms with Crippen molar-refractivity contribution < 1.29 is 4.79 Å². The zero-order valence-corrected chi connectivity index (χ0v) is 12.5. The van der Waals surface area contributed by atoms with Gasteiger partial charge < -0.3 is 15.5 Å². The van der Waals surface area contributed by atoms with E-state index in [1.807, 2.05) is 13.1 Å². The average Bonchev–Trinajstić information content (AvgIpc) is 3.00. The molecule has 0 bridgehead atoms. The zero-order valence-electron chi connectivity index (χ0n) is 12.5. The number of anilines is 2. The van der Waals surface area contributed by atoms with E-state index >= 15 is 0 Å². The van der Waals surface area contributed by atoms with E-state index in [1.165, 1.54) is 18.5 Å². The predicted octanol–water partition coefficient (Wildman–Crippen LogP) is 2.29. The molecule has 0 saturated carbocycles. The van der Waals surface area contributed by atoms with Crippen LogP contribution < -0.4 is 15.5 Å². The summed E-state index contributed by atoms with van der Waals surface area (Å²) in [5, 5.41) is 0. The molecule has 1 aromatic rings. The number of nitrogens with zero attached hydrogens (tertiary/aromatic N) is 2. The van der Waals surface area contributed by atoms with Gasteiger partial charge in [0.25, 0.3) is 0 Å². The van der Waals surface area contributed by atoms with Gasteiger partial charge in [0.05, 0.1) is 5.69 Å². The van der Waals surface area contributed by atoms with Gasteiger partial charge in [-0.2, -0.15) is 0 Å². The first kappa shape index (κ1) is 13.4. The molecule has 4 nitrogen and oxygen atoms in total. The Labute approximate surface area is 120 Å². The van der Waals surface area contributed by atoms with Crippen molar-refractivity contribution in [3.05, 3.63) is 23.8 Å². The molecule has 2 atom stereocenters. The van der Waals surface area contributed by atoms with Crippen LogP contribution in [0.3, 0.4) is 0 Å². The maximum absolute atomic E-state index is 12.0. The summed E-state index contributed by atoms with van der Waals surface area (Å²) in [7, 11) is 1.81. The third-order valence-electron chi connectivity index (χ3n) is 4.71. The molecule has 0 aliphatic carbocycles. The lowest BCUT2D eigenvalue weighted by molar-refractivity contribution is -0.118. The first-order valence-electron chi connectivity index (χ1n) is 7.44. The first-order chi connectivity index (χ1) is 9.50. The minimum absolute atomic E-state index is 0.0148. The number of fused-ring (bicyclic) bond motifs is 1. The van der Waals surface area contributed by atoms with E-state index < -0.39 is 6.04 Å². The summed E-state index contributed by atoms with van der Waals surface area (Å²) in [5.41, 5.74) is 9.08. The van der Waals surface area contributed by atoms with Gasteiger partial charge in [0.1, 0.15) is 6.04 Å². The number of nitrogens with two attached hydrogens (primary N) is 1. The molecular formula is C16H23N3O. The molecule has 0 radical (unpaired) electrons. The summed E-state index contributed by atoms with van der Waals surface area (Å²) < 4.78 is 0. The third kappa shape index (κ3) is 1.90. The Kier molecular flexibility index (Phi) is 3.21. The molecule has 0 aromatic heterocycles. The molecule has 0 spiro atoms. The summed E-state index contributed by atoms with van der Waals surface area (Å²) in [4.78, 5) is 16.1. The lowest BCUT2D eigenvalue weighted by atomic mass is 10.0. The van der Waals surface area contributed by atoms with Crippen molar-refractivity contribution in [3.63, 3.8) is 0 Å². The van der Waals surface area contributed by atoms with E-state index in [-0.39, 0.29) is 5.91 Å². The monoisotopic (exact) mass is 273 g/mol. The highest BCUT2D eigenvalue weighted by molar-refractivity contribution is 6.04. The van der Waals surface area contributed by atoms with Crippen LogP contribution in [0.4, 0.5) is 11.4 Å². The summed E-state index contributed by atoms with van der Waals surface area (Å²) in [6.45, 7) is 5.66. The quantitative estimate of drug-likeness (QED) is 0.899. The van der Waals surface area contributed by atoms with Crippen LogP contribution in [0.2, 0.25) is 0 Å². The summed E-state index contributed by atoms with van der Waals surface area (Å²) in [5.74, 6) is 0.631. The van der Waals surface area contributed by atoms with Crippen molar-refractivity contribution in [2.45, 2.75) is 38.8 Å². The van der Waals surface area contributed by atoms with Crippen molar-refractivity contribution in [2.75, 3.05) is 23.4 Å². The first-order valence-corrected chi connectivity index (χ1v) is 7.44. The molecule has 2 N–H and O–H groups in total. The number of benzene rings is 1. The van der Waals surface area contributed by atoms with Gasteiger partial charge >= 0.3 is 0 Å². The van der Waals surface area contributed by atoms with Gasteiger partial charge in [-0.15, -0.1) is 0 Å². The van der Waals surface area contributed by atoms with E-state index in [0.717, 1.165) is 17.8 Å². The Bertz CT molecular complexity index is 541. The largest absolute Gasteiger partial charge is 0.368 e. The Morgan fingerprint density at radius 3 is 2.80 bits per heavy atom. The van der Waals surface area contributed by atoms with Gasteiger partial charge in [0, 0.05) is 30.9 Å². The van der Waals surface area contributed by atoms with Gasteiger partial charge in [-0.05, 0) is 30.9 Å². The maximum atomic E-state index is 12.0. The van der Waals surface area contributed by atoms with Crippen LogP contribution in [0.15, 0.2) is 18.2 Å². The minimum Gasteiger partial charge on any atom is -0.368 e. The molecule has 20 heavy (non-hydrogen) atoms. The van der Waals surface area contributed by atoms with Crippen LogP contribution >= 0.6 is 0 Å². The minimum atomic E-state index is -0.497. The second kappa shape index (κ2) is 4.77. The molecule has 2 unspecified atom stereocenters. The number of hydrogen-bond acceptors (Lipinski definition) is 3. The van der Waals surface area contributed by atoms with Crippen molar-refractivity contribution >= 4 is 17.3 Å². The highest BCUT2D eigenvalue weighted by atomic mass is 16.2. The molecule has 1 fully saturated rings. The van der Waals surface area contributed by atoms with Crippen molar-refractivity contribution in [3.8, 4) is 0 Å². The number of rotatable bonds is 2. The molecule has 108 valence electrons. The van der Waals surface area contributed by atoms with Gasteiger partial charge in [-0.25, -0.2) is 0 Å². The SMILES string of the molecule is CC(C)C1CCCN1c1ccc2c(c1)N(C)C(=O)C2N. The van der Waals surface area contributed by atoms with Crippen LogP contribution in [0.25, 0.3) is 0 Å². The molecule has 1 saturated heterocycles. The lowest BCUT2D eigenvalue weighted by Crippen LogP contribution is -2.33. The predicted molar refractivity (Wildman–Crippen MR) is 82.0 cm³/mol. The van der Waals surface area contributed by atoms with E-state index in [9.17, 15) is 4.79 Å². The topological polar surface area (TPSA) is 49.6 Å². The molecule has 2 aliphatic rings. The lowest BCUT2D eigenvalue weighted by Gasteiger charge is -2.30. The van der Waals surface area contributed by atoms with Gasteiger partial charge in [-0.3, -0.25) is 4.79 Å². The third-order valence-corrected chi connectivity index (χ3v) is 4.71. The smallest absolute Gasteiger partial charge is 0.248 e. The average molecular weight is 273 g/mol. The van der Waals surface area contributed by atoms with Crippen LogP contribution in [-0.2, 0) is 4.79 Å². The Hall–Kier alpha value is -1.55. The highest BCUT2D eigenvalue weighted by Gasteiger charge is 2.34. The summed E-state index contributed by atoms with van der Waals surface area (Å²) >= 11 is 0.